The molecule has 0 aliphatic carbocycles. The van der Waals surface area contributed by atoms with Crippen molar-refractivity contribution in [2.24, 2.45) is 11.7 Å². The van der Waals surface area contributed by atoms with Gasteiger partial charge in [0.15, 0.2) is 0 Å². The van der Waals surface area contributed by atoms with Gasteiger partial charge in [0.2, 0.25) is 0 Å². The highest BCUT2D eigenvalue weighted by Gasteiger charge is 2.27. The molecule has 0 fully saturated rings. The third-order valence-corrected chi connectivity index (χ3v) is 4.37. The van der Waals surface area contributed by atoms with E-state index >= 15 is 0 Å². The predicted molar refractivity (Wildman–Crippen MR) is 82.6 cm³/mol. The number of benzene rings is 1. The molecule has 106 valence electrons. The standard InChI is InChI=1S/C17H23N3/c1-10-5-6-14(12(3)7-10)16-13(4)20-9-11(2)8-15(18)17(20)19-16/h5-7,11,15H,8-9,18H2,1-4H3. The molecule has 1 aromatic heterocycles. The second-order valence-corrected chi connectivity index (χ2v) is 6.28. The van der Waals surface area contributed by atoms with Crippen LogP contribution in [0, 0.1) is 26.7 Å². The molecule has 0 spiro atoms. The number of hydrogen-bond acceptors (Lipinski definition) is 2. The number of rotatable bonds is 1. The van der Waals surface area contributed by atoms with Crippen molar-refractivity contribution in [2.75, 3.05) is 0 Å². The predicted octanol–water partition coefficient (Wildman–Crippen LogP) is 3.51. The van der Waals surface area contributed by atoms with Gasteiger partial charge in [-0.05, 0) is 38.7 Å². The lowest BCUT2D eigenvalue weighted by molar-refractivity contribution is 0.343. The van der Waals surface area contributed by atoms with Gasteiger partial charge in [-0.2, -0.15) is 0 Å². The summed E-state index contributed by atoms with van der Waals surface area (Å²) in [6.07, 6.45) is 1.03. The topological polar surface area (TPSA) is 43.8 Å². The summed E-state index contributed by atoms with van der Waals surface area (Å²) in [6, 6.07) is 6.62. The van der Waals surface area contributed by atoms with Crippen molar-refractivity contribution in [3.63, 3.8) is 0 Å². The molecular formula is C17H23N3. The first-order chi connectivity index (χ1) is 9.47. The van der Waals surface area contributed by atoms with Crippen LogP contribution in [0.2, 0.25) is 0 Å². The number of hydrogen-bond donors (Lipinski definition) is 1. The molecule has 1 aliphatic heterocycles. The van der Waals surface area contributed by atoms with E-state index < -0.39 is 0 Å². The van der Waals surface area contributed by atoms with E-state index in [-0.39, 0.29) is 6.04 Å². The molecule has 1 aliphatic rings. The summed E-state index contributed by atoms with van der Waals surface area (Å²) >= 11 is 0. The molecule has 2 N–H and O–H groups in total. The normalized spacial score (nSPS) is 21.9. The van der Waals surface area contributed by atoms with Crippen molar-refractivity contribution in [2.45, 2.75) is 46.7 Å². The monoisotopic (exact) mass is 269 g/mol. The van der Waals surface area contributed by atoms with E-state index in [1.807, 2.05) is 0 Å². The Morgan fingerprint density at radius 3 is 2.70 bits per heavy atom. The third-order valence-electron chi connectivity index (χ3n) is 4.37. The molecule has 1 aromatic carbocycles. The molecular weight excluding hydrogens is 246 g/mol. The lowest BCUT2D eigenvalue weighted by Crippen LogP contribution is -2.27. The van der Waals surface area contributed by atoms with Crippen LogP contribution in [0.4, 0.5) is 0 Å². The van der Waals surface area contributed by atoms with Crippen molar-refractivity contribution in [1.82, 2.24) is 9.55 Å². The van der Waals surface area contributed by atoms with Crippen molar-refractivity contribution in [1.29, 1.82) is 0 Å². The Hall–Kier alpha value is -1.61. The third kappa shape index (κ3) is 2.06. The van der Waals surface area contributed by atoms with Gasteiger partial charge < -0.3 is 10.3 Å². The fourth-order valence-corrected chi connectivity index (χ4v) is 3.33. The van der Waals surface area contributed by atoms with Crippen LogP contribution in [0.1, 0.15) is 42.0 Å². The molecule has 3 rings (SSSR count). The van der Waals surface area contributed by atoms with E-state index in [1.54, 1.807) is 0 Å². The zero-order valence-electron chi connectivity index (χ0n) is 12.8. The van der Waals surface area contributed by atoms with Crippen LogP contribution < -0.4 is 5.73 Å². The molecule has 0 amide bonds. The summed E-state index contributed by atoms with van der Waals surface area (Å²) in [4.78, 5) is 4.86. The summed E-state index contributed by atoms with van der Waals surface area (Å²) in [5.41, 5.74) is 12.4. The average molecular weight is 269 g/mol. The van der Waals surface area contributed by atoms with E-state index in [1.165, 1.54) is 22.4 Å². The van der Waals surface area contributed by atoms with Gasteiger partial charge in [0.25, 0.3) is 0 Å². The number of fused-ring (bicyclic) bond motifs is 1. The van der Waals surface area contributed by atoms with E-state index in [9.17, 15) is 0 Å². The zero-order valence-corrected chi connectivity index (χ0v) is 12.8. The Kier molecular flexibility index (Phi) is 3.17. The van der Waals surface area contributed by atoms with E-state index in [4.69, 9.17) is 10.7 Å². The van der Waals surface area contributed by atoms with Gasteiger partial charge >= 0.3 is 0 Å². The molecule has 0 saturated carbocycles. The lowest BCUT2D eigenvalue weighted by Gasteiger charge is -2.26. The molecule has 3 nitrogen and oxygen atoms in total. The van der Waals surface area contributed by atoms with Crippen LogP contribution in [-0.4, -0.2) is 9.55 Å². The van der Waals surface area contributed by atoms with Crippen LogP contribution in [0.25, 0.3) is 11.3 Å². The fourth-order valence-electron chi connectivity index (χ4n) is 3.33. The van der Waals surface area contributed by atoms with Crippen molar-refractivity contribution < 1.29 is 0 Å². The van der Waals surface area contributed by atoms with E-state index in [0.29, 0.717) is 5.92 Å². The molecule has 0 bridgehead atoms. The highest BCUT2D eigenvalue weighted by atomic mass is 15.1. The van der Waals surface area contributed by atoms with Crippen LogP contribution in [0.5, 0.6) is 0 Å². The highest BCUT2D eigenvalue weighted by Crippen LogP contribution is 2.33. The van der Waals surface area contributed by atoms with E-state index in [2.05, 4.69) is 50.5 Å². The number of aromatic nitrogens is 2. The maximum absolute atomic E-state index is 6.28. The molecule has 2 atom stereocenters. The molecule has 2 unspecified atom stereocenters. The van der Waals surface area contributed by atoms with Crippen molar-refractivity contribution in [3.05, 3.63) is 40.8 Å². The van der Waals surface area contributed by atoms with Gasteiger partial charge in [0.1, 0.15) is 5.82 Å². The quantitative estimate of drug-likeness (QED) is 0.861. The minimum Gasteiger partial charge on any atom is -0.330 e. The number of nitrogens with zero attached hydrogens (tertiary/aromatic N) is 2. The van der Waals surface area contributed by atoms with Crippen LogP contribution in [0.15, 0.2) is 18.2 Å². The van der Waals surface area contributed by atoms with Crippen LogP contribution >= 0.6 is 0 Å². The van der Waals surface area contributed by atoms with E-state index in [0.717, 1.165) is 24.5 Å². The van der Waals surface area contributed by atoms with Gasteiger partial charge in [-0.3, -0.25) is 0 Å². The number of nitrogens with two attached hydrogens (primary N) is 1. The first kappa shape index (κ1) is 13.4. The summed E-state index contributed by atoms with van der Waals surface area (Å²) < 4.78 is 2.31. The van der Waals surface area contributed by atoms with Crippen molar-refractivity contribution >= 4 is 0 Å². The Balaban J connectivity index is 2.14. The zero-order chi connectivity index (χ0) is 14.4. The molecule has 3 heteroatoms. The van der Waals surface area contributed by atoms with Crippen LogP contribution in [0.3, 0.4) is 0 Å². The fraction of sp³-hybridized carbons (Fsp3) is 0.471. The molecule has 2 aromatic rings. The minimum absolute atomic E-state index is 0.0666. The summed E-state index contributed by atoms with van der Waals surface area (Å²) in [6.45, 7) is 9.74. The van der Waals surface area contributed by atoms with Gasteiger partial charge in [-0.15, -0.1) is 0 Å². The minimum atomic E-state index is 0.0666. The SMILES string of the molecule is Cc1ccc(-c2nc3n(c2C)CC(C)CC3N)c(C)c1. The second-order valence-electron chi connectivity index (χ2n) is 6.28. The molecule has 20 heavy (non-hydrogen) atoms. The molecule has 0 saturated heterocycles. The first-order valence-corrected chi connectivity index (χ1v) is 7.37. The Bertz CT molecular complexity index is 654. The van der Waals surface area contributed by atoms with Crippen molar-refractivity contribution in [3.8, 4) is 11.3 Å². The Morgan fingerprint density at radius 2 is 2.00 bits per heavy atom. The summed E-state index contributed by atoms with van der Waals surface area (Å²) in [7, 11) is 0. The van der Waals surface area contributed by atoms with Gasteiger partial charge in [0.05, 0.1) is 11.7 Å². The lowest BCUT2D eigenvalue weighted by atomic mass is 9.98. The highest BCUT2D eigenvalue weighted by molar-refractivity contribution is 5.66. The smallest absolute Gasteiger partial charge is 0.126 e. The Labute approximate surface area is 120 Å². The second kappa shape index (κ2) is 4.74. The number of imidazole rings is 1. The molecule has 0 radical (unpaired) electrons. The Morgan fingerprint density at radius 1 is 1.25 bits per heavy atom. The number of aryl methyl sites for hydroxylation is 2. The van der Waals surface area contributed by atoms with Gasteiger partial charge in [0, 0.05) is 17.8 Å². The summed E-state index contributed by atoms with van der Waals surface area (Å²) in [5, 5.41) is 0. The maximum atomic E-state index is 6.28. The van der Waals surface area contributed by atoms with Gasteiger partial charge in [-0.25, -0.2) is 4.98 Å². The largest absolute Gasteiger partial charge is 0.330 e. The molecule has 2 heterocycles. The van der Waals surface area contributed by atoms with Gasteiger partial charge in [-0.1, -0.05) is 30.7 Å². The first-order valence-electron chi connectivity index (χ1n) is 7.37. The maximum Gasteiger partial charge on any atom is 0.126 e. The average Bonchev–Trinajstić information content (AvgIpc) is 2.68. The van der Waals surface area contributed by atoms with Crippen LogP contribution in [-0.2, 0) is 6.54 Å². The summed E-state index contributed by atoms with van der Waals surface area (Å²) in [5.74, 6) is 1.67.